The van der Waals surface area contributed by atoms with E-state index >= 15 is 0 Å². The summed E-state index contributed by atoms with van der Waals surface area (Å²) < 4.78 is 2.17. The summed E-state index contributed by atoms with van der Waals surface area (Å²) in [4.78, 5) is 14.4. The second kappa shape index (κ2) is 6.05. The van der Waals surface area contributed by atoms with Crippen molar-refractivity contribution in [3.05, 3.63) is 28.9 Å². The molecule has 0 N–H and O–H groups in total. The minimum absolute atomic E-state index is 0.424. The van der Waals surface area contributed by atoms with Gasteiger partial charge in [-0.2, -0.15) is 0 Å². The van der Waals surface area contributed by atoms with E-state index in [1.54, 1.807) is 6.33 Å². The van der Waals surface area contributed by atoms with Gasteiger partial charge in [0.15, 0.2) is 0 Å². The molecule has 1 saturated heterocycles. The molecule has 25 heavy (non-hydrogen) atoms. The maximum Gasteiger partial charge on any atom is 0.141 e. The van der Waals surface area contributed by atoms with Crippen molar-refractivity contribution in [2.45, 2.75) is 51.5 Å². The molecule has 1 unspecified atom stereocenters. The standard InChI is InChI=1S/C18H22N6S/c1-2-23-11-21-22-16(23)12-5-4-8-24(9-12)17-15-13-6-3-7-14(13)25-18(15)20-10-19-17/h10-12H,2-9H2,1H3. The zero-order valence-corrected chi connectivity index (χ0v) is 15.3. The van der Waals surface area contributed by atoms with E-state index in [1.807, 2.05) is 17.7 Å². The number of hydrogen-bond acceptors (Lipinski definition) is 6. The molecule has 130 valence electrons. The third-order valence-electron chi connectivity index (χ3n) is 5.55. The van der Waals surface area contributed by atoms with Gasteiger partial charge in [0, 0.05) is 30.4 Å². The number of aromatic nitrogens is 5. The lowest BCUT2D eigenvalue weighted by molar-refractivity contribution is 0.471. The molecule has 0 spiro atoms. The summed E-state index contributed by atoms with van der Waals surface area (Å²) in [5.41, 5.74) is 1.51. The van der Waals surface area contributed by atoms with Gasteiger partial charge in [-0.05, 0) is 44.6 Å². The smallest absolute Gasteiger partial charge is 0.141 e. The van der Waals surface area contributed by atoms with Gasteiger partial charge < -0.3 is 9.47 Å². The Morgan fingerprint density at radius 1 is 1.24 bits per heavy atom. The first-order valence-electron chi connectivity index (χ1n) is 9.23. The van der Waals surface area contributed by atoms with Crippen LogP contribution in [-0.2, 0) is 19.4 Å². The van der Waals surface area contributed by atoms with Crippen LogP contribution in [-0.4, -0.2) is 37.8 Å². The minimum atomic E-state index is 0.424. The van der Waals surface area contributed by atoms with Gasteiger partial charge in [-0.25, -0.2) is 9.97 Å². The second-order valence-electron chi connectivity index (χ2n) is 7.00. The van der Waals surface area contributed by atoms with E-state index in [1.165, 1.54) is 47.9 Å². The van der Waals surface area contributed by atoms with E-state index in [4.69, 9.17) is 4.98 Å². The molecule has 1 atom stereocenters. The fourth-order valence-electron chi connectivity index (χ4n) is 4.36. The van der Waals surface area contributed by atoms with Crippen LogP contribution in [0, 0.1) is 0 Å². The van der Waals surface area contributed by atoms with Gasteiger partial charge in [0.05, 0.1) is 5.39 Å². The van der Waals surface area contributed by atoms with Crippen LogP contribution < -0.4 is 4.90 Å². The zero-order chi connectivity index (χ0) is 16.8. The lowest BCUT2D eigenvalue weighted by Crippen LogP contribution is -2.36. The Hall–Kier alpha value is -2.02. The highest BCUT2D eigenvalue weighted by atomic mass is 32.1. The van der Waals surface area contributed by atoms with Gasteiger partial charge in [-0.3, -0.25) is 0 Å². The lowest BCUT2D eigenvalue weighted by atomic mass is 9.96. The van der Waals surface area contributed by atoms with Crippen molar-refractivity contribution in [3.63, 3.8) is 0 Å². The van der Waals surface area contributed by atoms with Gasteiger partial charge in [0.2, 0.25) is 0 Å². The zero-order valence-electron chi connectivity index (χ0n) is 14.5. The van der Waals surface area contributed by atoms with Crippen LogP contribution in [0.1, 0.15) is 48.4 Å². The molecule has 0 radical (unpaired) electrons. The number of piperidine rings is 1. The van der Waals surface area contributed by atoms with E-state index in [2.05, 4.69) is 31.6 Å². The first-order valence-corrected chi connectivity index (χ1v) is 10.0. The Labute approximate surface area is 150 Å². The van der Waals surface area contributed by atoms with Crippen molar-refractivity contribution in [1.29, 1.82) is 0 Å². The van der Waals surface area contributed by atoms with Gasteiger partial charge in [0.1, 0.15) is 29.1 Å². The summed E-state index contributed by atoms with van der Waals surface area (Å²) >= 11 is 1.86. The molecule has 0 aromatic carbocycles. The molecule has 7 heteroatoms. The van der Waals surface area contributed by atoms with E-state index < -0.39 is 0 Å². The van der Waals surface area contributed by atoms with Crippen LogP contribution in [0.5, 0.6) is 0 Å². The molecular formula is C18H22N6S. The van der Waals surface area contributed by atoms with E-state index in [-0.39, 0.29) is 0 Å². The number of aryl methyl sites for hydroxylation is 3. The van der Waals surface area contributed by atoms with Crippen molar-refractivity contribution >= 4 is 27.4 Å². The van der Waals surface area contributed by atoms with Crippen LogP contribution >= 0.6 is 11.3 Å². The molecule has 1 aliphatic heterocycles. The molecule has 2 aliphatic rings. The van der Waals surface area contributed by atoms with Crippen LogP contribution in [0.2, 0.25) is 0 Å². The maximum absolute atomic E-state index is 4.72. The largest absolute Gasteiger partial charge is 0.355 e. The van der Waals surface area contributed by atoms with Gasteiger partial charge >= 0.3 is 0 Å². The molecule has 0 saturated carbocycles. The molecule has 3 aromatic rings. The summed E-state index contributed by atoms with van der Waals surface area (Å²) in [7, 11) is 0. The van der Waals surface area contributed by atoms with Crippen molar-refractivity contribution in [2.24, 2.45) is 0 Å². The van der Waals surface area contributed by atoms with Crippen molar-refractivity contribution in [3.8, 4) is 0 Å². The highest BCUT2D eigenvalue weighted by Gasteiger charge is 2.29. The summed E-state index contributed by atoms with van der Waals surface area (Å²) in [6.45, 7) is 5.10. The van der Waals surface area contributed by atoms with Crippen molar-refractivity contribution in [2.75, 3.05) is 18.0 Å². The second-order valence-corrected chi connectivity index (χ2v) is 8.08. The molecule has 4 heterocycles. The third-order valence-corrected chi connectivity index (χ3v) is 6.75. The fraction of sp³-hybridized carbons (Fsp3) is 0.556. The lowest BCUT2D eigenvalue weighted by Gasteiger charge is -2.33. The number of nitrogens with zero attached hydrogens (tertiary/aromatic N) is 6. The van der Waals surface area contributed by atoms with Crippen LogP contribution in [0.4, 0.5) is 5.82 Å². The third kappa shape index (κ3) is 2.44. The van der Waals surface area contributed by atoms with Crippen molar-refractivity contribution < 1.29 is 0 Å². The van der Waals surface area contributed by atoms with E-state index in [9.17, 15) is 0 Å². The molecule has 1 aliphatic carbocycles. The Morgan fingerprint density at radius 3 is 3.12 bits per heavy atom. The number of hydrogen-bond donors (Lipinski definition) is 0. The highest BCUT2D eigenvalue weighted by Crippen LogP contribution is 2.41. The van der Waals surface area contributed by atoms with E-state index in [0.717, 1.165) is 36.1 Å². The number of rotatable bonds is 3. The summed E-state index contributed by atoms with van der Waals surface area (Å²) in [5, 5.41) is 9.85. The SMILES string of the molecule is CCn1cnnc1C1CCCN(c2ncnc3sc4c(c23)CCC4)C1. The van der Waals surface area contributed by atoms with Gasteiger partial charge in [-0.1, -0.05) is 0 Å². The first kappa shape index (κ1) is 15.3. The van der Waals surface area contributed by atoms with Gasteiger partial charge in [0.25, 0.3) is 0 Å². The summed E-state index contributed by atoms with van der Waals surface area (Å²) in [6, 6.07) is 0. The molecular weight excluding hydrogens is 332 g/mol. The molecule has 0 bridgehead atoms. The van der Waals surface area contributed by atoms with E-state index in [0.29, 0.717) is 5.92 Å². The Balaban J connectivity index is 1.52. The van der Waals surface area contributed by atoms with Crippen LogP contribution in [0.3, 0.4) is 0 Å². The molecule has 0 amide bonds. The monoisotopic (exact) mass is 354 g/mol. The fourth-order valence-corrected chi connectivity index (χ4v) is 5.58. The topological polar surface area (TPSA) is 59.7 Å². The molecule has 5 rings (SSSR count). The Bertz CT molecular complexity index is 914. The minimum Gasteiger partial charge on any atom is -0.355 e. The average Bonchev–Trinajstić information content (AvgIpc) is 3.36. The predicted octanol–water partition coefficient (Wildman–Crippen LogP) is 3.18. The van der Waals surface area contributed by atoms with Crippen molar-refractivity contribution in [1.82, 2.24) is 24.7 Å². The molecule has 1 fully saturated rings. The number of fused-ring (bicyclic) bond motifs is 3. The average molecular weight is 354 g/mol. The molecule has 3 aromatic heterocycles. The number of anilines is 1. The maximum atomic E-state index is 4.72. The van der Waals surface area contributed by atoms with Gasteiger partial charge in [-0.15, -0.1) is 21.5 Å². The van der Waals surface area contributed by atoms with Crippen LogP contribution in [0.15, 0.2) is 12.7 Å². The summed E-state index contributed by atoms with van der Waals surface area (Å²) in [5.74, 6) is 2.68. The molecule has 6 nitrogen and oxygen atoms in total. The quantitative estimate of drug-likeness (QED) is 0.723. The summed E-state index contributed by atoms with van der Waals surface area (Å²) in [6.07, 6.45) is 9.58. The normalized spacial score (nSPS) is 20.4. The Kier molecular flexibility index (Phi) is 3.69. The predicted molar refractivity (Wildman–Crippen MR) is 99.3 cm³/mol. The first-order chi connectivity index (χ1) is 12.3. The Morgan fingerprint density at radius 2 is 2.20 bits per heavy atom. The highest BCUT2D eigenvalue weighted by molar-refractivity contribution is 7.19. The van der Waals surface area contributed by atoms with Crippen LogP contribution in [0.25, 0.3) is 10.2 Å². The number of thiophene rings is 1.